The molecule has 2 aromatic carbocycles. The lowest BCUT2D eigenvalue weighted by atomic mass is 10.1. The molecule has 0 saturated carbocycles. The zero-order valence-corrected chi connectivity index (χ0v) is 17.2. The van der Waals surface area contributed by atoms with Gasteiger partial charge in [-0.1, -0.05) is 42.0 Å². The molecule has 0 unspecified atom stereocenters. The van der Waals surface area contributed by atoms with Crippen molar-refractivity contribution in [2.24, 2.45) is 0 Å². The molecule has 0 saturated heterocycles. The molecule has 3 aromatic rings. The number of hydrogen-bond acceptors (Lipinski definition) is 3. The third-order valence-electron chi connectivity index (χ3n) is 4.05. The van der Waals surface area contributed by atoms with Crippen molar-refractivity contribution in [1.29, 1.82) is 0 Å². The van der Waals surface area contributed by atoms with Crippen molar-refractivity contribution in [3.63, 3.8) is 0 Å². The lowest BCUT2D eigenvalue weighted by Gasteiger charge is -2.09. The number of sulfonamides is 1. The second-order valence-electron chi connectivity index (χ2n) is 6.38. The average Bonchev–Trinajstić information content (AvgIpc) is 2.90. The summed E-state index contributed by atoms with van der Waals surface area (Å²) in [6.07, 6.45) is 1.76. The molecule has 0 aliphatic heterocycles. The Balaban J connectivity index is 1.85. The molecule has 1 heterocycles. The van der Waals surface area contributed by atoms with Gasteiger partial charge in [0, 0.05) is 6.20 Å². The fraction of sp³-hybridized carbons (Fsp3) is 0.211. The summed E-state index contributed by atoms with van der Waals surface area (Å²) in [7, 11) is -3.71. The van der Waals surface area contributed by atoms with E-state index in [1.807, 2.05) is 44.2 Å². The van der Waals surface area contributed by atoms with Crippen LogP contribution in [0.15, 0.2) is 58.0 Å². The first kappa shape index (κ1) is 18.7. The van der Waals surface area contributed by atoms with Gasteiger partial charge in [-0.05, 0) is 59.5 Å². The van der Waals surface area contributed by atoms with Crippen LogP contribution in [0.1, 0.15) is 22.3 Å². The largest absolute Gasteiger partial charge is 0.265 e. The number of nitrogens with zero attached hydrogens (tertiary/aromatic N) is 2. The predicted octanol–water partition coefficient (Wildman–Crippen LogP) is 4.42. The van der Waals surface area contributed by atoms with Crippen LogP contribution in [0, 0.1) is 20.8 Å². The van der Waals surface area contributed by atoms with Crippen LogP contribution in [0.3, 0.4) is 0 Å². The monoisotopic (exact) mass is 433 g/mol. The summed E-state index contributed by atoms with van der Waals surface area (Å²) < 4.78 is 30.4. The van der Waals surface area contributed by atoms with E-state index >= 15 is 0 Å². The van der Waals surface area contributed by atoms with E-state index < -0.39 is 10.0 Å². The molecule has 1 aromatic heterocycles. The number of benzene rings is 2. The zero-order valence-electron chi connectivity index (χ0n) is 14.8. The van der Waals surface area contributed by atoms with Crippen LogP contribution in [-0.2, 0) is 16.6 Å². The van der Waals surface area contributed by atoms with Crippen molar-refractivity contribution in [2.45, 2.75) is 32.2 Å². The SMILES string of the molecule is Cc1ccc(Cn2cc(Br)c(NS(=O)(=O)c3cc(C)ccc3C)n2)cc1. The number of hydrogen-bond donors (Lipinski definition) is 1. The van der Waals surface area contributed by atoms with Crippen molar-refractivity contribution >= 4 is 31.8 Å². The molecule has 0 aliphatic rings. The minimum atomic E-state index is -3.71. The Hall–Kier alpha value is -2.12. The summed E-state index contributed by atoms with van der Waals surface area (Å²) in [5, 5.41) is 4.37. The fourth-order valence-corrected chi connectivity index (χ4v) is 4.50. The van der Waals surface area contributed by atoms with Gasteiger partial charge < -0.3 is 0 Å². The Kier molecular flexibility index (Phi) is 5.20. The van der Waals surface area contributed by atoms with Gasteiger partial charge in [-0.3, -0.25) is 9.40 Å². The highest BCUT2D eigenvalue weighted by atomic mass is 79.9. The van der Waals surface area contributed by atoms with E-state index in [0.717, 1.165) is 11.1 Å². The average molecular weight is 434 g/mol. The summed E-state index contributed by atoms with van der Waals surface area (Å²) in [5.41, 5.74) is 3.87. The molecule has 0 spiro atoms. The summed E-state index contributed by atoms with van der Waals surface area (Å²) in [6, 6.07) is 13.5. The number of rotatable bonds is 5. The van der Waals surface area contributed by atoms with Gasteiger partial charge in [0.25, 0.3) is 10.0 Å². The number of anilines is 1. The van der Waals surface area contributed by atoms with Crippen molar-refractivity contribution in [3.05, 3.63) is 75.4 Å². The lowest BCUT2D eigenvalue weighted by Crippen LogP contribution is -2.15. The van der Waals surface area contributed by atoms with Crippen LogP contribution >= 0.6 is 15.9 Å². The van der Waals surface area contributed by atoms with Crippen LogP contribution in [0.2, 0.25) is 0 Å². The normalized spacial score (nSPS) is 11.5. The Bertz CT molecular complexity index is 1040. The highest BCUT2D eigenvalue weighted by Gasteiger charge is 2.20. The number of aryl methyl sites for hydroxylation is 3. The first-order valence-electron chi connectivity index (χ1n) is 8.13. The predicted molar refractivity (Wildman–Crippen MR) is 107 cm³/mol. The quantitative estimate of drug-likeness (QED) is 0.647. The molecule has 3 rings (SSSR count). The minimum Gasteiger partial charge on any atom is -0.265 e. The summed E-state index contributed by atoms with van der Waals surface area (Å²) in [4.78, 5) is 0.262. The van der Waals surface area contributed by atoms with E-state index in [-0.39, 0.29) is 10.7 Å². The molecule has 0 aliphatic carbocycles. The van der Waals surface area contributed by atoms with E-state index in [9.17, 15) is 8.42 Å². The Morgan fingerprint density at radius 2 is 1.69 bits per heavy atom. The third kappa shape index (κ3) is 4.16. The van der Waals surface area contributed by atoms with Crippen LogP contribution in [-0.4, -0.2) is 18.2 Å². The highest BCUT2D eigenvalue weighted by molar-refractivity contribution is 9.10. The standard InChI is InChI=1S/C19H20BrN3O2S/c1-13-5-8-16(9-6-13)11-23-12-17(20)19(21-23)22-26(24,25)18-10-14(2)4-7-15(18)3/h4-10,12H,11H2,1-3H3,(H,21,22). The Labute approximate surface area is 162 Å². The molecule has 1 N–H and O–H groups in total. The van der Waals surface area contributed by atoms with Gasteiger partial charge in [0.1, 0.15) is 0 Å². The van der Waals surface area contributed by atoms with E-state index in [1.165, 1.54) is 5.56 Å². The Morgan fingerprint density at radius 3 is 2.38 bits per heavy atom. The summed E-state index contributed by atoms with van der Waals surface area (Å²) >= 11 is 3.39. The van der Waals surface area contributed by atoms with Crippen molar-refractivity contribution in [1.82, 2.24) is 9.78 Å². The van der Waals surface area contributed by atoms with E-state index in [2.05, 4.69) is 25.8 Å². The molecule has 5 nitrogen and oxygen atoms in total. The van der Waals surface area contributed by atoms with Crippen LogP contribution < -0.4 is 4.72 Å². The smallest absolute Gasteiger partial charge is 0.263 e. The van der Waals surface area contributed by atoms with Crippen LogP contribution in [0.4, 0.5) is 5.82 Å². The molecule has 136 valence electrons. The fourth-order valence-electron chi connectivity index (χ4n) is 2.61. The van der Waals surface area contributed by atoms with Gasteiger partial charge >= 0.3 is 0 Å². The van der Waals surface area contributed by atoms with Gasteiger partial charge in [0.2, 0.25) is 0 Å². The molecular weight excluding hydrogens is 414 g/mol. The van der Waals surface area contributed by atoms with E-state index in [0.29, 0.717) is 16.6 Å². The molecule has 7 heteroatoms. The summed E-state index contributed by atoms with van der Waals surface area (Å²) in [6.45, 7) is 6.24. The van der Waals surface area contributed by atoms with Crippen molar-refractivity contribution in [3.8, 4) is 0 Å². The maximum atomic E-state index is 12.8. The second kappa shape index (κ2) is 7.25. The first-order valence-corrected chi connectivity index (χ1v) is 10.4. The molecule has 0 bridgehead atoms. The minimum absolute atomic E-state index is 0.262. The molecule has 0 fully saturated rings. The molecule has 0 amide bonds. The maximum absolute atomic E-state index is 12.8. The number of aromatic nitrogens is 2. The molecular formula is C19H20BrN3O2S. The topological polar surface area (TPSA) is 64.0 Å². The van der Waals surface area contributed by atoms with Gasteiger partial charge in [0.15, 0.2) is 5.82 Å². The van der Waals surface area contributed by atoms with Gasteiger partial charge in [-0.15, -0.1) is 0 Å². The van der Waals surface area contributed by atoms with Gasteiger partial charge in [-0.2, -0.15) is 5.10 Å². The number of halogens is 1. The molecule has 0 atom stereocenters. The van der Waals surface area contributed by atoms with Gasteiger partial charge in [-0.25, -0.2) is 8.42 Å². The second-order valence-corrected chi connectivity index (χ2v) is 8.89. The van der Waals surface area contributed by atoms with E-state index in [1.54, 1.807) is 29.9 Å². The third-order valence-corrected chi connectivity index (χ3v) is 6.11. The molecule has 26 heavy (non-hydrogen) atoms. The van der Waals surface area contributed by atoms with Crippen LogP contribution in [0.5, 0.6) is 0 Å². The first-order chi connectivity index (χ1) is 12.2. The summed E-state index contributed by atoms with van der Waals surface area (Å²) in [5.74, 6) is 0.276. The van der Waals surface area contributed by atoms with Gasteiger partial charge in [0.05, 0.1) is 15.9 Å². The van der Waals surface area contributed by atoms with Crippen LogP contribution in [0.25, 0.3) is 0 Å². The van der Waals surface area contributed by atoms with Crippen molar-refractivity contribution < 1.29 is 8.42 Å². The maximum Gasteiger partial charge on any atom is 0.263 e. The highest BCUT2D eigenvalue weighted by Crippen LogP contribution is 2.25. The lowest BCUT2D eigenvalue weighted by molar-refractivity contribution is 0.600. The Morgan fingerprint density at radius 1 is 1.04 bits per heavy atom. The number of nitrogens with one attached hydrogen (secondary N) is 1. The van der Waals surface area contributed by atoms with E-state index in [4.69, 9.17) is 0 Å². The zero-order chi connectivity index (χ0) is 18.9. The molecule has 0 radical (unpaired) electrons. The van der Waals surface area contributed by atoms with Crippen molar-refractivity contribution in [2.75, 3.05) is 4.72 Å².